The van der Waals surface area contributed by atoms with E-state index < -0.39 is 22.9 Å². The summed E-state index contributed by atoms with van der Waals surface area (Å²) in [6, 6.07) is 2.21. The largest absolute Gasteiger partial charge is 0.386 e. The highest BCUT2D eigenvalue weighted by atomic mass is 16.5. The van der Waals surface area contributed by atoms with Gasteiger partial charge in [-0.15, -0.1) is 0 Å². The minimum Gasteiger partial charge on any atom is -0.386 e. The van der Waals surface area contributed by atoms with E-state index >= 15 is 0 Å². The number of hydrogen-bond donors (Lipinski definition) is 2. The van der Waals surface area contributed by atoms with Gasteiger partial charge in [0.2, 0.25) is 5.76 Å². The lowest BCUT2D eigenvalue weighted by molar-refractivity contribution is -0.0510. The molecular formula is C15H18N4O5. The molecule has 128 valence electrons. The van der Waals surface area contributed by atoms with Crippen molar-refractivity contribution in [3.63, 3.8) is 0 Å². The second kappa shape index (κ2) is 5.75. The Labute approximate surface area is 136 Å². The molecular weight excluding hydrogens is 316 g/mol. The van der Waals surface area contributed by atoms with E-state index in [0.29, 0.717) is 18.7 Å². The van der Waals surface area contributed by atoms with Crippen LogP contribution in [0.4, 0.5) is 0 Å². The van der Waals surface area contributed by atoms with Gasteiger partial charge in [-0.3, -0.25) is 19.1 Å². The minimum absolute atomic E-state index is 0.0296. The Balaban J connectivity index is 1.83. The maximum Gasteiger partial charge on any atom is 0.328 e. The molecule has 1 fully saturated rings. The van der Waals surface area contributed by atoms with Crippen LogP contribution in [0.3, 0.4) is 0 Å². The zero-order chi connectivity index (χ0) is 17.5. The standard InChI is InChI=1S/C15H18N4O5/c1-9-7-10(24-17-9)13(21)18-5-3-11(15(2,23)8-18)19-6-4-12(20)16-14(19)22/h4,6-7,11,23H,3,5,8H2,1-2H3,(H,16,20,22)/t11-,15-/m1/s1. The lowest BCUT2D eigenvalue weighted by Crippen LogP contribution is -2.56. The van der Waals surface area contributed by atoms with E-state index in [1.807, 2.05) is 0 Å². The third-order valence-corrected chi connectivity index (χ3v) is 4.21. The fraction of sp³-hybridized carbons (Fsp3) is 0.467. The second-order valence-corrected chi connectivity index (χ2v) is 6.24. The fourth-order valence-corrected chi connectivity index (χ4v) is 3.06. The molecule has 2 aromatic rings. The van der Waals surface area contributed by atoms with Crippen LogP contribution in [0.15, 0.2) is 32.4 Å². The van der Waals surface area contributed by atoms with Crippen LogP contribution in [-0.4, -0.2) is 49.3 Å². The van der Waals surface area contributed by atoms with E-state index in [9.17, 15) is 19.5 Å². The summed E-state index contributed by atoms with van der Waals surface area (Å²) < 4.78 is 6.27. The zero-order valence-corrected chi connectivity index (χ0v) is 13.4. The van der Waals surface area contributed by atoms with Gasteiger partial charge >= 0.3 is 5.69 Å². The number of aromatic amines is 1. The van der Waals surface area contributed by atoms with E-state index in [1.54, 1.807) is 13.8 Å². The highest BCUT2D eigenvalue weighted by Crippen LogP contribution is 2.31. The molecule has 9 heteroatoms. The lowest BCUT2D eigenvalue weighted by Gasteiger charge is -2.43. The monoisotopic (exact) mass is 334 g/mol. The molecule has 1 saturated heterocycles. The summed E-state index contributed by atoms with van der Waals surface area (Å²) in [5.74, 6) is -0.244. The number of nitrogens with one attached hydrogen (secondary N) is 1. The number of carbonyl (C=O) groups is 1. The van der Waals surface area contributed by atoms with Crippen LogP contribution >= 0.6 is 0 Å². The highest BCUT2D eigenvalue weighted by molar-refractivity contribution is 5.91. The van der Waals surface area contributed by atoms with Crippen LogP contribution in [0.25, 0.3) is 0 Å². The van der Waals surface area contributed by atoms with Crippen molar-refractivity contribution < 1.29 is 14.4 Å². The van der Waals surface area contributed by atoms with E-state index in [4.69, 9.17) is 4.52 Å². The molecule has 9 nitrogen and oxygen atoms in total. The number of aryl methyl sites for hydroxylation is 1. The first-order chi connectivity index (χ1) is 11.3. The van der Waals surface area contributed by atoms with Crippen molar-refractivity contribution in [2.24, 2.45) is 0 Å². The Morgan fingerprint density at radius 1 is 1.50 bits per heavy atom. The van der Waals surface area contributed by atoms with Gasteiger partial charge in [-0.25, -0.2) is 4.79 Å². The first-order valence-corrected chi connectivity index (χ1v) is 7.54. The van der Waals surface area contributed by atoms with Gasteiger partial charge in [0.1, 0.15) is 5.60 Å². The van der Waals surface area contributed by atoms with E-state index in [1.165, 1.54) is 27.8 Å². The SMILES string of the molecule is Cc1cc(C(=O)N2CC[C@@H](n3ccc(=O)[nH]c3=O)[C@](C)(O)C2)on1. The van der Waals surface area contributed by atoms with Crippen molar-refractivity contribution in [3.05, 3.63) is 50.6 Å². The summed E-state index contributed by atoms with van der Waals surface area (Å²) in [5.41, 5.74) is -1.83. The molecule has 0 aliphatic carbocycles. The molecule has 2 atom stereocenters. The van der Waals surface area contributed by atoms with Gasteiger partial charge in [-0.1, -0.05) is 5.16 Å². The topological polar surface area (TPSA) is 121 Å². The van der Waals surface area contributed by atoms with Crippen molar-refractivity contribution in [3.8, 4) is 0 Å². The van der Waals surface area contributed by atoms with Gasteiger partial charge in [-0.2, -0.15) is 0 Å². The molecule has 3 heterocycles. The fourth-order valence-electron chi connectivity index (χ4n) is 3.06. The zero-order valence-electron chi connectivity index (χ0n) is 13.4. The molecule has 3 rings (SSSR count). The quantitative estimate of drug-likeness (QED) is 0.776. The number of hydrogen-bond acceptors (Lipinski definition) is 6. The average molecular weight is 334 g/mol. The summed E-state index contributed by atoms with van der Waals surface area (Å²) >= 11 is 0. The summed E-state index contributed by atoms with van der Waals surface area (Å²) in [6.07, 6.45) is 1.72. The number of nitrogens with zero attached hydrogens (tertiary/aromatic N) is 3. The summed E-state index contributed by atoms with van der Waals surface area (Å²) in [7, 11) is 0. The van der Waals surface area contributed by atoms with E-state index in [-0.39, 0.29) is 18.2 Å². The number of amides is 1. The van der Waals surface area contributed by atoms with Crippen molar-refractivity contribution in [2.75, 3.05) is 13.1 Å². The number of rotatable bonds is 2. The smallest absolute Gasteiger partial charge is 0.328 e. The van der Waals surface area contributed by atoms with E-state index in [0.717, 1.165) is 0 Å². The van der Waals surface area contributed by atoms with Crippen molar-refractivity contribution >= 4 is 5.91 Å². The summed E-state index contributed by atoms with van der Waals surface area (Å²) in [6.45, 7) is 3.64. The van der Waals surface area contributed by atoms with Gasteiger partial charge in [0.15, 0.2) is 0 Å². The first-order valence-electron chi connectivity index (χ1n) is 7.54. The molecule has 1 aliphatic rings. The van der Waals surface area contributed by atoms with Gasteiger partial charge in [0.05, 0.1) is 18.3 Å². The molecule has 0 bridgehead atoms. The predicted molar refractivity (Wildman–Crippen MR) is 82.7 cm³/mol. The number of H-pyrrole nitrogens is 1. The van der Waals surface area contributed by atoms with Crippen LogP contribution in [0.2, 0.25) is 0 Å². The number of carbonyl (C=O) groups excluding carboxylic acids is 1. The molecule has 2 N–H and O–H groups in total. The molecule has 2 aromatic heterocycles. The Morgan fingerprint density at radius 2 is 2.25 bits per heavy atom. The maximum absolute atomic E-state index is 12.4. The van der Waals surface area contributed by atoms with E-state index in [2.05, 4.69) is 10.1 Å². The molecule has 1 amide bonds. The summed E-state index contributed by atoms with van der Waals surface area (Å²) in [4.78, 5) is 39.2. The normalized spacial score (nSPS) is 24.1. The lowest BCUT2D eigenvalue weighted by atomic mass is 9.88. The highest BCUT2D eigenvalue weighted by Gasteiger charge is 2.41. The number of aliphatic hydroxyl groups is 1. The van der Waals surface area contributed by atoms with Crippen molar-refractivity contribution in [1.82, 2.24) is 19.6 Å². The Hall–Kier alpha value is -2.68. The van der Waals surface area contributed by atoms with Gasteiger partial charge in [0.25, 0.3) is 11.5 Å². The third kappa shape index (κ3) is 2.90. The first kappa shape index (κ1) is 16.2. The Kier molecular flexibility index (Phi) is 3.88. The summed E-state index contributed by atoms with van der Waals surface area (Å²) in [5, 5.41) is 14.4. The maximum atomic E-state index is 12.4. The Morgan fingerprint density at radius 3 is 2.83 bits per heavy atom. The van der Waals surface area contributed by atoms with Gasteiger partial charge in [-0.05, 0) is 20.3 Å². The van der Waals surface area contributed by atoms with Crippen LogP contribution < -0.4 is 11.2 Å². The van der Waals surface area contributed by atoms with Crippen LogP contribution in [0.5, 0.6) is 0 Å². The molecule has 0 radical (unpaired) electrons. The number of β-amino-alcohol motifs (C(OH)–C–C–N with tert-alkyl or cyclic N) is 1. The number of likely N-dealkylation sites (tertiary alicyclic amines) is 1. The molecule has 0 saturated carbocycles. The van der Waals surface area contributed by atoms with Gasteiger partial charge in [0, 0.05) is 24.9 Å². The molecule has 24 heavy (non-hydrogen) atoms. The van der Waals surface area contributed by atoms with Crippen molar-refractivity contribution in [1.29, 1.82) is 0 Å². The van der Waals surface area contributed by atoms with Crippen LogP contribution in [0, 0.1) is 6.92 Å². The molecule has 0 unspecified atom stereocenters. The minimum atomic E-state index is -1.34. The average Bonchev–Trinajstić information content (AvgIpc) is 2.93. The second-order valence-electron chi connectivity index (χ2n) is 6.24. The molecule has 0 spiro atoms. The third-order valence-electron chi connectivity index (χ3n) is 4.21. The predicted octanol–water partition coefficient (Wildman–Crippen LogP) is -0.329. The number of aromatic nitrogens is 3. The van der Waals surface area contributed by atoms with Crippen LogP contribution in [-0.2, 0) is 0 Å². The molecule has 0 aromatic carbocycles. The van der Waals surface area contributed by atoms with Crippen molar-refractivity contribution in [2.45, 2.75) is 31.9 Å². The Bertz CT molecular complexity index is 878. The van der Waals surface area contributed by atoms with Crippen LogP contribution in [0.1, 0.15) is 35.6 Å². The molecule has 1 aliphatic heterocycles. The van der Waals surface area contributed by atoms with Gasteiger partial charge < -0.3 is 14.5 Å². The number of piperidine rings is 1.